The molecule has 0 bridgehead atoms. The average Bonchev–Trinajstić information content (AvgIpc) is 4.08. The van der Waals surface area contributed by atoms with Crippen LogP contribution in [-0.4, -0.2) is 130 Å². The number of hydrogen-bond donors (Lipinski definition) is 12. The van der Waals surface area contributed by atoms with Crippen LogP contribution in [0.4, 0.5) is 0 Å². The third-order valence-corrected chi connectivity index (χ3v) is 13.2. The zero-order valence-corrected chi connectivity index (χ0v) is 43.5. The lowest BCUT2D eigenvalue weighted by Crippen LogP contribution is -2.60. The van der Waals surface area contributed by atoms with Gasteiger partial charge in [0.15, 0.2) is 11.7 Å². The predicted octanol–water partition coefficient (Wildman–Crippen LogP) is -0.341. The predicted molar refractivity (Wildman–Crippen MR) is 284 cm³/mol. The van der Waals surface area contributed by atoms with Crippen molar-refractivity contribution in [1.29, 1.82) is 0 Å². The molecule has 0 spiro atoms. The van der Waals surface area contributed by atoms with Gasteiger partial charge in [0.25, 0.3) is 0 Å². The molecule has 414 valence electrons. The molecule has 2 aromatic carbocycles. The molecule has 77 heavy (non-hydrogen) atoms. The highest BCUT2D eigenvalue weighted by Crippen LogP contribution is 2.24. The SMILES string of the molecule is CCCC[C@H](NC(C)=O)C(=O)N[C@H]1CNC(=O)CCC(=O)NCC[C@@H](C(=O)N[C@@H](Cc2c[nH]c3ccccc23)C(N)=O)CC(=O)[C@H](CCCN=C(N)N)CC(=O)[C@@H](Cc2ccccc2)NC(=O)[C@H](Cc2cnc[nH]2)NC1=O. The van der Waals surface area contributed by atoms with Crippen molar-refractivity contribution in [3.05, 3.63) is 90.1 Å². The first-order chi connectivity index (χ1) is 36.9. The van der Waals surface area contributed by atoms with Crippen LogP contribution in [0.25, 0.3) is 10.9 Å². The van der Waals surface area contributed by atoms with Crippen LogP contribution < -0.4 is 54.4 Å². The number of aromatic amines is 2. The first kappa shape index (κ1) is 59.4. The molecule has 0 radical (unpaired) electrons. The Hall–Kier alpha value is -8.44. The Morgan fingerprint density at radius 2 is 1.51 bits per heavy atom. The fourth-order valence-corrected chi connectivity index (χ4v) is 8.95. The van der Waals surface area contributed by atoms with E-state index in [4.69, 9.17) is 17.2 Å². The van der Waals surface area contributed by atoms with Gasteiger partial charge in [0.05, 0.1) is 12.4 Å². The number of hydrogen-bond acceptors (Lipinski definition) is 12. The number of carbonyl (C=O) groups excluding carboxylic acids is 10. The van der Waals surface area contributed by atoms with E-state index in [1.165, 1.54) is 19.4 Å². The van der Waals surface area contributed by atoms with Gasteiger partial charge in [0.2, 0.25) is 47.3 Å². The fourth-order valence-electron chi connectivity index (χ4n) is 8.95. The fraction of sp³-hybridized carbons (Fsp3) is 0.472. The van der Waals surface area contributed by atoms with Crippen LogP contribution in [0.3, 0.4) is 0 Å². The lowest BCUT2D eigenvalue weighted by Gasteiger charge is -2.27. The van der Waals surface area contributed by atoms with E-state index in [-0.39, 0.29) is 76.8 Å². The zero-order chi connectivity index (χ0) is 55.9. The van der Waals surface area contributed by atoms with Gasteiger partial charge in [0.1, 0.15) is 30.0 Å². The summed E-state index contributed by atoms with van der Waals surface area (Å²) in [6.07, 6.45) is 4.32. The molecular weight excluding hydrogens is 993 g/mol. The van der Waals surface area contributed by atoms with Gasteiger partial charge in [-0.05, 0) is 49.3 Å². The van der Waals surface area contributed by atoms with Gasteiger partial charge in [-0.3, -0.25) is 52.9 Å². The van der Waals surface area contributed by atoms with E-state index in [0.29, 0.717) is 29.7 Å². The number of nitrogens with two attached hydrogens (primary N) is 3. The Balaban J connectivity index is 1.51. The van der Waals surface area contributed by atoms with Gasteiger partial charge >= 0.3 is 0 Å². The van der Waals surface area contributed by atoms with E-state index in [1.807, 2.05) is 31.2 Å². The van der Waals surface area contributed by atoms with Crippen molar-refractivity contribution >= 4 is 75.7 Å². The molecule has 0 aliphatic carbocycles. The number of nitrogens with one attached hydrogen (secondary N) is 9. The number of para-hydroxylation sites is 1. The molecule has 1 aliphatic heterocycles. The minimum atomic E-state index is -1.53. The molecule has 3 heterocycles. The van der Waals surface area contributed by atoms with Gasteiger partial charge in [-0.25, -0.2) is 4.98 Å². The molecular formula is C53H72N14O10. The minimum absolute atomic E-state index is 0.0110. The minimum Gasteiger partial charge on any atom is -0.370 e. The second kappa shape index (κ2) is 30.2. The standard InChI is InChI=1S/C53H72N14O10/c1-3-4-15-39(63-31(2)68)50(75)67-43-29-61-47(72)18-17-46(71)58-21-19-34(49(74)65-41(48(54)73)23-35-27-60-38-16-9-8-14-37(35)38)25-44(69)33(13-10-20-59-53(55)56)24-45(70)40(22-32-11-6-5-7-12-32)64-51(76)42(66-52(43)77)26-36-28-57-30-62-36/h5-9,11-12,14,16,27-28,30,33-34,39-43,60H,3-4,10,13,15,17-26,29H2,1-2H3,(H2,54,73)(H,57,62)(H,58,71)(H,61,72)(H,63,68)(H,64,76)(H,65,74)(H,66,77)(H,67,75)(H4,55,56,59)/t33-,34-,39+,40-,41+,42+,43+/m1/s1. The van der Waals surface area contributed by atoms with E-state index in [0.717, 1.165) is 10.9 Å². The largest absolute Gasteiger partial charge is 0.370 e. The van der Waals surface area contributed by atoms with Crippen molar-refractivity contribution in [1.82, 2.24) is 52.2 Å². The number of carbonyl (C=O) groups is 10. The second-order valence-electron chi connectivity index (χ2n) is 19.2. The van der Waals surface area contributed by atoms with Gasteiger partial charge in [-0.15, -0.1) is 0 Å². The van der Waals surface area contributed by atoms with Crippen molar-refractivity contribution in [2.24, 2.45) is 34.0 Å². The number of unbranched alkanes of at least 4 members (excludes halogenated alkanes) is 1. The van der Waals surface area contributed by atoms with Crippen molar-refractivity contribution < 1.29 is 47.9 Å². The summed E-state index contributed by atoms with van der Waals surface area (Å²) < 4.78 is 0. The maximum atomic E-state index is 14.8. The van der Waals surface area contributed by atoms with E-state index >= 15 is 0 Å². The van der Waals surface area contributed by atoms with Crippen LogP contribution >= 0.6 is 0 Å². The van der Waals surface area contributed by atoms with Gasteiger partial charge < -0.3 is 64.4 Å². The number of benzene rings is 2. The Morgan fingerprint density at radius 3 is 2.19 bits per heavy atom. The van der Waals surface area contributed by atoms with Gasteiger partial charge in [-0.1, -0.05) is 68.3 Å². The molecule has 0 unspecified atom stereocenters. The molecule has 1 saturated heterocycles. The molecule has 4 aromatic rings. The van der Waals surface area contributed by atoms with Crippen molar-refractivity contribution in [3.8, 4) is 0 Å². The highest BCUT2D eigenvalue weighted by molar-refractivity contribution is 5.98. The van der Waals surface area contributed by atoms with Crippen LogP contribution in [-0.2, 0) is 67.2 Å². The number of aliphatic imine (C=N–C) groups is 1. The van der Waals surface area contributed by atoms with Crippen molar-refractivity contribution in [2.75, 3.05) is 19.6 Å². The number of imidazole rings is 1. The Kier molecular flexibility index (Phi) is 23.3. The number of rotatable bonds is 19. The first-order valence-corrected chi connectivity index (χ1v) is 25.9. The van der Waals surface area contributed by atoms with Crippen LogP contribution in [0.15, 0.2) is 78.3 Å². The first-order valence-electron chi connectivity index (χ1n) is 25.9. The van der Waals surface area contributed by atoms with Crippen LogP contribution in [0.5, 0.6) is 0 Å². The van der Waals surface area contributed by atoms with E-state index in [1.54, 1.807) is 36.5 Å². The zero-order valence-electron chi connectivity index (χ0n) is 43.5. The number of Topliss-reactive ketones (excluding diaryl/α,β-unsaturated/α-hetero) is 2. The Labute approximate surface area is 445 Å². The summed E-state index contributed by atoms with van der Waals surface area (Å²) >= 11 is 0. The molecule has 8 amide bonds. The van der Waals surface area contributed by atoms with E-state index in [2.05, 4.69) is 57.2 Å². The molecule has 2 aromatic heterocycles. The number of fused-ring (bicyclic) bond motifs is 1. The number of H-pyrrole nitrogens is 2. The lowest BCUT2D eigenvalue weighted by atomic mass is 9.84. The lowest BCUT2D eigenvalue weighted by molar-refractivity contribution is -0.135. The highest BCUT2D eigenvalue weighted by atomic mass is 16.2. The maximum absolute atomic E-state index is 14.8. The third kappa shape index (κ3) is 19.7. The van der Waals surface area contributed by atoms with Gasteiger partial charge in [0, 0.05) is 106 Å². The molecule has 24 heteroatoms. The topological polar surface area (TPSA) is 390 Å². The van der Waals surface area contributed by atoms with E-state index in [9.17, 15) is 47.9 Å². The number of nitrogens with zero attached hydrogens (tertiary/aromatic N) is 2. The summed E-state index contributed by atoms with van der Waals surface area (Å²) in [6.45, 7) is 2.57. The van der Waals surface area contributed by atoms with Crippen LogP contribution in [0, 0.1) is 11.8 Å². The maximum Gasteiger partial charge on any atom is 0.245 e. The normalized spacial score (nSPS) is 20.4. The summed E-state index contributed by atoms with van der Waals surface area (Å²) in [7, 11) is 0. The highest BCUT2D eigenvalue weighted by Gasteiger charge is 2.35. The Bertz CT molecular complexity index is 2710. The number of aromatic nitrogens is 3. The molecule has 0 saturated carbocycles. The van der Waals surface area contributed by atoms with Gasteiger partial charge in [-0.2, -0.15) is 0 Å². The van der Waals surface area contributed by atoms with E-state index < -0.39 is 120 Å². The summed E-state index contributed by atoms with van der Waals surface area (Å²) in [5.41, 5.74) is 19.6. The summed E-state index contributed by atoms with van der Waals surface area (Å²) in [5.74, 6) is -9.31. The third-order valence-electron chi connectivity index (χ3n) is 13.2. The Morgan fingerprint density at radius 1 is 0.792 bits per heavy atom. The smallest absolute Gasteiger partial charge is 0.245 e. The summed E-state index contributed by atoms with van der Waals surface area (Å²) in [5, 5.41) is 19.5. The number of guanidine groups is 1. The number of amides is 8. The van der Waals surface area contributed by atoms with Crippen LogP contribution in [0.1, 0.15) is 94.9 Å². The van der Waals surface area contributed by atoms with Crippen LogP contribution in [0.2, 0.25) is 0 Å². The molecule has 1 fully saturated rings. The molecule has 5 rings (SSSR count). The molecule has 1 aliphatic rings. The summed E-state index contributed by atoms with van der Waals surface area (Å²) in [4.78, 5) is 152. The number of ketones is 2. The average molecular weight is 1070 g/mol. The van der Waals surface area contributed by atoms with Crippen molar-refractivity contribution in [3.63, 3.8) is 0 Å². The summed E-state index contributed by atoms with van der Waals surface area (Å²) in [6, 6.07) is 9.61. The molecule has 24 nitrogen and oxygen atoms in total. The molecule has 7 atom stereocenters. The van der Waals surface area contributed by atoms with Crippen molar-refractivity contribution in [2.45, 2.75) is 128 Å². The molecule has 15 N–H and O–H groups in total. The monoisotopic (exact) mass is 1060 g/mol. The second-order valence-corrected chi connectivity index (χ2v) is 19.2. The number of primary amides is 1. The quantitative estimate of drug-likeness (QED) is 0.0325.